The van der Waals surface area contributed by atoms with Crippen molar-refractivity contribution in [1.82, 2.24) is 0 Å². The van der Waals surface area contributed by atoms with Crippen molar-refractivity contribution in [2.75, 3.05) is 17.2 Å². The second-order valence-electron chi connectivity index (χ2n) is 4.08. The van der Waals surface area contributed by atoms with Crippen molar-refractivity contribution in [3.05, 3.63) is 48.5 Å². The van der Waals surface area contributed by atoms with Gasteiger partial charge >= 0.3 is 0 Å². The van der Waals surface area contributed by atoms with Crippen LogP contribution >= 0.6 is 0 Å². The minimum atomic E-state index is -0.0847. The van der Waals surface area contributed by atoms with Crippen LogP contribution in [0.5, 0.6) is 5.75 Å². The zero-order valence-electron chi connectivity index (χ0n) is 9.67. The van der Waals surface area contributed by atoms with E-state index in [1.807, 2.05) is 30.3 Å². The minimum Gasteiger partial charge on any atom is -0.481 e. The number of nitrogen functional groups attached to an aromatic ring is 1. The molecule has 0 aromatic heterocycles. The van der Waals surface area contributed by atoms with Gasteiger partial charge in [0.2, 0.25) is 0 Å². The van der Waals surface area contributed by atoms with Crippen molar-refractivity contribution >= 4 is 23.0 Å². The number of rotatable bonds is 1. The van der Waals surface area contributed by atoms with E-state index in [0.717, 1.165) is 11.4 Å². The zero-order valence-corrected chi connectivity index (χ0v) is 9.67. The number of hydrogen-bond donors (Lipinski definition) is 1. The Bertz CT molecular complexity index is 596. The monoisotopic (exact) mass is 240 g/mol. The predicted octanol–water partition coefficient (Wildman–Crippen LogP) is 2.33. The van der Waals surface area contributed by atoms with Crippen LogP contribution in [-0.2, 0) is 4.79 Å². The summed E-state index contributed by atoms with van der Waals surface area (Å²) in [6, 6.07) is 14.8. The van der Waals surface area contributed by atoms with Crippen LogP contribution in [0.2, 0.25) is 0 Å². The van der Waals surface area contributed by atoms with Crippen molar-refractivity contribution in [1.29, 1.82) is 0 Å². The third-order valence-electron chi connectivity index (χ3n) is 2.84. The Morgan fingerprint density at radius 2 is 1.89 bits per heavy atom. The molecule has 0 atom stereocenters. The van der Waals surface area contributed by atoms with Crippen molar-refractivity contribution in [3.63, 3.8) is 0 Å². The molecule has 0 radical (unpaired) electrons. The highest BCUT2D eigenvalue weighted by Crippen LogP contribution is 2.37. The lowest BCUT2D eigenvalue weighted by Gasteiger charge is -2.29. The van der Waals surface area contributed by atoms with E-state index in [1.165, 1.54) is 0 Å². The standard InChI is InChI=1S/C14H12N2O2/c15-10-6-7-12-13(8-10)18-9-14(17)16(12)11-4-2-1-3-5-11/h1-8H,9,15H2. The first kappa shape index (κ1) is 10.7. The van der Waals surface area contributed by atoms with Gasteiger partial charge in [-0.2, -0.15) is 0 Å². The second-order valence-corrected chi connectivity index (χ2v) is 4.08. The molecule has 0 saturated carbocycles. The van der Waals surface area contributed by atoms with Crippen LogP contribution in [0.4, 0.5) is 17.1 Å². The topological polar surface area (TPSA) is 55.6 Å². The van der Waals surface area contributed by atoms with Crippen LogP contribution in [0.25, 0.3) is 0 Å². The van der Waals surface area contributed by atoms with Crippen molar-refractivity contribution in [2.45, 2.75) is 0 Å². The van der Waals surface area contributed by atoms with Crippen LogP contribution in [0, 0.1) is 0 Å². The lowest BCUT2D eigenvalue weighted by molar-refractivity contribution is -0.120. The highest BCUT2D eigenvalue weighted by Gasteiger charge is 2.26. The zero-order chi connectivity index (χ0) is 12.5. The summed E-state index contributed by atoms with van der Waals surface area (Å²) in [7, 11) is 0. The fourth-order valence-electron chi connectivity index (χ4n) is 2.03. The highest BCUT2D eigenvalue weighted by atomic mass is 16.5. The summed E-state index contributed by atoms with van der Waals surface area (Å²) in [5.41, 5.74) is 7.90. The maximum absolute atomic E-state index is 12.0. The molecular formula is C14H12N2O2. The molecule has 0 aliphatic carbocycles. The fraction of sp³-hybridized carbons (Fsp3) is 0.0714. The number of carbonyl (C=O) groups excluding carboxylic acids is 1. The van der Waals surface area contributed by atoms with Crippen LogP contribution in [-0.4, -0.2) is 12.5 Å². The van der Waals surface area contributed by atoms with Gasteiger partial charge in [0.05, 0.1) is 5.69 Å². The van der Waals surface area contributed by atoms with Gasteiger partial charge in [-0.15, -0.1) is 0 Å². The molecule has 90 valence electrons. The molecule has 2 N–H and O–H groups in total. The SMILES string of the molecule is Nc1ccc2c(c1)OCC(=O)N2c1ccccc1. The quantitative estimate of drug-likeness (QED) is 0.778. The van der Waals surface area contributed by atoms with Gasteiger partial charge in [-0.1, -0.05) is 18.2 Å². The largest absolute Gasteiger partial charge is 0.481 e. The van der Waals surface area contributed by atoms with Gasteiger partial charge in [-0.05, 0) is 24.3 Å². The van der Waals surface area contributed by atoms with E-state index in [9.17, 15) is 4.79 Å². The lowest BCUT2D eigenvalue weighted by Crippen LogP contribution is -2.35. The molecular weight excluding hydrogens is 228 g/mol. The molecule has 4 nitrogen and oxygen atoms in total. The summed E-state index contributed by atoms with van der Waals surface area (Å²) in [5.74, 6) is 0.553. The van der Waals surface area contributed by atoms with Gasteiger partial charge in [0, 0.05) is 17.4 Å². The fourth-order valence-corrected chi connectivity index (χ4v) is 2.03. The smallest absolute Gasteiger partial charge is 0.269 e. The number of anilines is 3. The molecule has 1 heterocycles. The molecule has 18 heavy (non-hydrogen) atoms. The molecule has 1 aliphatic heterocycles. The predicted molar refractivity (Wildman–Crippen MR) is 69.9 cm³/mol. The number of benzene rings is 2. The molecule has 4 heteroatoms. The highest BCUT2D eigenvalue weighted by molar-refractivity contribution is 6.04. The van der Waals surface area contributed by atoms with E-state index in [2.05, 4.69) is 0 Å². The average Bonchev–Trinajstić information content (AvgIpc) is 2.40. The van der Waals surface area contributed by atoms with Gasteiger partial charge in [-0.25, -0.2) is 0 Å². The van der Waals surface area contributed by atoms with Gasteiger partial charge < -0.3 is 10.5 Å². The third kappa shape index (κ3) is 1.68. The summed E-state index contributed by atoms with van der Waals surface area (Å²) in [6.07, 6.45) is 0. The molecule has 0 unspecified atom stereocenters. The number of carbonyl (C=O) groups is 1. The number of hydrogen-bond acceptors (Lipinski definition) is 3. The summed E-state index contributed by atoms with van der Waals surface area (Å²) in [6.45, 7) is 0.0331. The van der Waals surface area contributed by atoms with E-state index in [1.54, 1.807) is 23.1 Å². The molecule has 1 aliphatic rings. The van der Waals surface area contributed by atoms with Crippen LogP contribution < -0.4 is 15.4 Å². The summed E-state index contributed by atoms with van der Waals surface area (Å²) in [4.78, 5) is 13.7. The first-order valence-corrected chi connectivity index (χ1v) is 5.66. The molecule has 0 saturated heterocycles. The van der Waals surface area contributed by atoms with Crippen LogP contribution in [0.3, 0.4) is 0 Å². The van der Waals surface area contributed by atoms with E-state index >= 15 is 0 Å². The van der Waals surface area contributed by atoms with E-state index in [4.69, 9.17) is 10.5 Å². The van der Waals surface area contributed by atoms with Gasteiger partial charge in [0.15, 0.2) is 6.61 Å². The lowest BCUT2D eigenvalue weighted by atomic mass is 10.2. The number of para-hydroxylation sites is 1. The molecule has 0 spiro atoms. The van der Waals surface area contributed by atoms with Gasteiger partial charge in [0.25, 0.3) is 5.91 Å². The number of nitrogens with two attached hydrogens (primary N) is 1. The Morgan fingerprint density at radius 3 is 2.67 bits per heavy atom. The molecule has 0 fully saturated rings. The first-order valence-electron chi connectivity index (χ1n) is 5.66. The summed E-state index contributed by atoms with van der Waals surface area (Å²) < 4.78 is 5.40. The number of fused-ring (bicyclic) bond motifs is 1. The Kier molecular flexibility index (Phi) is 2.41. The van der Waals surface area contributed by atoms with Gasteiger partial charge in [-0.3, -0.25) is 9.69 Å². The molecule has 2 aromatic carbocycles. The molecule has 2 aromatic rings. The van der Waals surface area contributed by atoms with Crippen molar-refractivity contribution < 1.29 is 9.53 Å². The second kappa shape index (κ2) is 4.07. The van der Waals surface area contributed by atoms with Crippen LogP contribution in [0.15, 0.2) is 48.5 Å². The van der Waals surface area contributed by atoms with E-state index < -0.39 is 0 Å². The maximum atomic E-state index is 12.0. The Hall–Kier alpha value is -2.49. The van der Waals surface area contributed by atoms with E-state index in [0.29, 0.717) is 11.4 Å². The number of nitrogens with zero attached hydrogens (tertiary/aromatic N) is 1. The molecule has 1 amide bonds. The molecule has 3 rings (SSSR count). The minimum absolute atomic E-state index is 0.0331. The van der Waals surface area contributed by atoms with E-state index in [-0.39, 0.29) is 12.5 Å². The summed E-state index contributed by atoms with van der Waals surface area (Å²) >= 11 is 0. The first-order chi connectivity index (χ1) is 8.75. The Morgan fingerprint density at radius 1 is 1.11 bits per heavy atom. The van der Waals surface area contributed by atoms with Gasteiger partial charge in [0.1, 0.15) is 5.75 Å². The van der Waals surface area contributed by atoms with Crippen LogP contribution in [0.1, 0.15) is 0 Å². The normalized spacial score (nSPS) is 14.0. The Labute approximate surface area is 105 Å². The molecule has 0 bridgehead atoms. The number of amides is 1. The maximum Gasteiger partial charge on any atom is 0.269 e. The van der Waals surface area contributed by atoms with Crippen molar-refractivity contribution in [2.24, 2.45) is 0 Å². The number of ether oxygens (including phenoxy) is 1. The average molecular weight is 240 g/mol. The van der Waals surface area contributed by atoms with Crippen molar-refractivity contribution in [3.8, 4) is 5.75 Å². The summed E-state index contributed by atoms with van der Waals surface area (Å²) in [5, 5.41) is 0. The Balaban J connectivity index is 2.13. The third-order valence-corrected chi connectivity index (χ3v) is 2.84.